The Balaban J connectivity index is 1.83. The Bertz CT molecular complexity index is 1640. The van der Waals surface area contributed by atoms with Crippen LogP contribution in [0.3, 0.4) is 0 Å². The van der Waals surface area contributed by atoms with Gasteiger partial charge in [0.25, 0.3) is 10.0 Å². The van der Waals surface area contributed by atoms with Crippen LogP contribution in [0.4, 0.5) is 46.8 Å². The van der Waals surface area contributed by atoms with E-state index in [0.717, 1.165) is 0 Å². The van der Waals surface area contributed by atoms with E-state index >= 15 is 4.39 Å². The van der Waals surface area contributed by atoms with Crippen LogP contribution < -0.4 is 10.5 Å². The molecule has 0 radical (unpaired) electrons. The Morgan fingerprint density at radius 3 is 2.22 bits per heavy atom. The van der Waals surface area contributed by atoms with Gasteiger partial charge in [0, 0.05) is 11.6 Å². The van der Waals surface area contributed by atoms with Crippen molar-refractivity contribution in [2.24, 2.45) is 0 Å². The van der Waals surface area contributed by atoms with E-state index in [-0.39, 0.29) is 29.7 Å². The first-order chi connectivity index (χ1) is 17.1. The maximum atomic E-state index is 15.3. The lowest BCUT2D eigenvalue weighted by atomic mass is 10.0. The third-order valence-corrected chi connectivity index (χ3v) is 6.53. The molecule has 0 saturated carbocycles. The first-order valence-corrected chi connectivity index (χ1v) is 11.4. The van der Waals surface area contributed by atoms with Crippen LogP contribution in [0.2, 0.25) is 0 Å². The van der Waals surface area contributed by atoms with Crippen molar-refractivity contribution in [1.29, 1.82) is 0 Å². The fraction of sp³-hybridized carbons (Fsp3) is 0.0909. The lowest BCUT2D eigenvalue weighted by Crippen LogP contribution is -2.21. The molecule has 0 spiro atoms. The maximum Gasteiger partial charge on any atom is 0.417 e. The second-order valence-electron chi connectivity index (χ2n) is 7.60. The normalized spacial score (nSPS) is 12.6. The second kappa shape index (κ2) is 8.83. The number of hydrogen-bond acceptors (Lipinski definition) is 5. The van der Waals surface area contributed by atoms with Crippen LogP contribution in [0.15, 0.2) is 59.6 Å². The van der Waals surface area contributed by atoms with Gasteiger partial charge >= 0.3 is 12.4 Å². The molecule has 0 fully saturated rings. The molecule has 1 aromatic heterocycles. The maximum absolute atomic E-state index is 15.3. The summed E-state index contributed by atoms with van der Waals surface area (Å²) < 4.78 is 136. The average molecular weight is 548 g/mol. The molecule has 0 atom stereocenters. The standard InChI is InChI=1S/C22H12F8N4O2S/c23-14-4-6-16(19(24)18(14)10-1-5-15-11(7-10)9-32-20(31)33-15)34-37(35,36)17-8-12(21(25,26)27)2-3-13(17)22(28,29)30/h1-9,34H,(H2,31,32,33). The van der Waals surface area contributed by atoms with Crippen molar-refractivity contribution in [2.45, 2.75) is 17.2 Å². The Labute approximate surface area is 202 Å². The Morgan fingerprint density at radius 2 is 1.57 bits per heavy atom. The molecule has 4 rings (SSSR count). The largest absolute Gasteiger partial charge is 0.417 e. The number of nitrogens with one attached hydrogen (secondary N) is 1. The summed E-state index contributed by atoms with van der Waals surface area (Å²) in [6.07, 6.45) is -9.28. The first kappa shape index (κ1) is 26.1. The SMILES string of the molecule is Nc1ncc2cc(-c3c(F)ccc(NS(=O)(=O)c4cc(C(F)(F)F)ccc4C(F)(F)F)c3F)ccc2n1. The molecule has 0 aliphatic carbocycles. The van der Waals surface area contributed by atoms with Gasteiger partial charge in [0.2, 0.25) is 5.95 Å². The molecule has 0 aliphatic rings. The zero-order valence-electron chi connectivity index (χ0n) is 17.9. The van der Waals surface area contributed by atoms with Crippen LogP contribution in [-0.4, -0.2) is 18.4 Å². The van der Waals surface area contributed by atoms with Crippen molar-refractivity contribution in [2.75, 3.05) is 10.5 Å². The second-order valence-corrected chi connectivity index (χ2v) is 9.25. The number of nitrogens with two attached hydrogens (primary N) is 1. The van der Waals surface area contributed by atoms with Gasteiger partial charge in [-0.3, -0.25) is 4.72 Å². The molecule has 1 heterocycles. The topological polar surface area (TPSA) is 98.0 Å². The van der Waals surface area contributed by atoms with Crippen LogP contribution in [0, 0.1) is 11.6 Å². The van der Waals surface area contributed by atoms with E-state index in [2.05, 4.69) is 9.97 Å². The summed E-state index contributed by atoms with van der Waals surface area (Å²) in [6.45, 7) is 0. The summed E-state index contributed by atoms with van der Waals surface area (Å²) in [6, 6.07) is 4.84. The van der Waals surface area contributed by atoms with Gasteiger partial charge in [0.1, 0.15) is 10.7 Å². The molecule has 3 N–H and O–H groups in total. The molecule has 4 aromatic rings. The molecular weight excluding hydrogens is 536 g/mol. The number of fused-ring (bicyclic) bond motifs is 1. The highest BCUT2D eigenvalue weighted by Crippen LogP contribution is 2.40. The smallest absolute Gasteiger partial charge is 0.368 e. The van der Waals surface area contributed by atoms with E-state index in [1.807, 2.05) is 0 Å². The van der Waals surface area contributed by atoms with Crippen molar-refractivity contribution < 1.29 is 43.5 Å². The van der Waals surface area contributed by atoms with Gasteiger partial charge in [-0.25, -0.2) is 27.2 Å². The van der Waals surface area contributed by atoms with Crippen LogP contribution in [-0.2, 0) is 22.4 Å². The quantitative estimate of drug-likeness (QED) is 0.305. The zero-order chi connectivity index (χ0) is 27.3. The van der Waals surface area contributed by atoms with Gasteiger partial charge in [-0.05, 0) is 48.0 Å². The summed E-state index contributed by atoms with van der Waals surface area (Å²) in [5.74, 6) is -2.76. The van der Waals surface area contributed by atoms with Crippen molar-refractivity contribution in [3.63, 3.8) is 0 Å². The Kier molecular flexibility index (Phi) is 6.22. The van der Waals surface area contributed by atoms with E-state index in [1.54, 1.807) is 0 Å². The van der Waals surface area contributed by atoms with Gasteiger partial charge < -0.3 is 5.73 Å². The Morgan fingerprint density at radius 1 is 0.865 bits per heavy atom. The average Bonchev–Trinajstić information content (AvgIpc) is 2.79. The number of sulfonamides is 1. The highest BCUT2D eigenvalue weighted by atomic mass is 32.2. The van der Waals surface area contributed by atoms with Crippen molar-refractivity contribution in [1.82, 2.24) is 9.97 Å². The van der Waals surface area contributed by atoms with Crippen LogP contribution in [0.25, 0.3) is 22.0 Å². The number of halogens is 8. The monoisotopic (exact) mass is 548 g/mol. The van der Waals surface area contributed by atoms with E-state index in [4.69, 9.17) is 5.73 Å². The molecule has 0 saturated heterocycles. The molecule has 0 unspecified atom stereocenters. The summed E-state index contributed by atoms with van der Waals surface area (Å²) in [5, 5.41) is 0.301. The molecule has 0 bridgehead atoms. The fourth-order valence-electron chi connectivity index (χ4n) is 3.45. The number of aromatic nitrogens is 2. The van der Waals surface area contributed by atoms with E-state index in [1.165, 1.54) is 29.1 Å². The first-order valence-electron chi connectivity index (χ1n) is 9.90. The highest BCUT2D eigenvalue weighted by Gasteiger charge is 2.40. The minimum atomic E-state index is -5.45. The third kappa shape index (κ3) is 5.12. The number of nitrogen functional groups attached to an aromatic ring is 1. The molecule has 15 heteroatoms. The number of rotatable bonds is 4. The van der Waals surface area contributed by atoms with Crippen LogP contribution in [0.5, 0.6) is 0 Å². The molecule has 194 valence electrons. The number of nitrogens with zero attached hydrogens (tertiary/aromatic N) is 2. The molecule has 3 aromatic carbocycles. The predicted molar refractivity (Wildman–Crippen MR) is 117 cm³/mol. The number of hydrogen-bond donors (Lipinski definition) is 2. The molecular formula is C22H12F8N4O2S. The summed E-state index contributed by atoms with van der Waals surface area (Å²) >= 11 is 0. The van der Waals surface area contributed by atoms with Crippen molar-refractivity contribution in [3.05, 3.63) is 77.5 Å². The summed E-state index contributed by atoms with van der Waals surface area (Å²) in [4.78, 5) is 5.89. The number of benzene rings is 3. The molecule has 6 nitrogen and oxygen atoms in total. The number of alkyl halides is 6. The molecule has 0 aliphatic heterocycles. The highest BCUT2D eigenvalue weighted by molar-refractivity contribution is 7.92. The van der Waals surface area contributed by atoms with Gasteiger partial charge in [-0.15, -0.1) is 0 Å². The Hall–Kier alpha value is -4.01. The van der Waals surface area contributed by atoms with E-state index in [0.29, 0.717) is 23.0 Å². The summed E-state index contributed by atoms with van der Waals surface area (Å²) in [7, 11) is -5.45. The molecule has 37 heavy (non-hydrogen) atoms. The van der Waals surface area contributed by atoms with Gasteiger partial charge in [0.05, 0.1) is 27.9 Å². The van der Waals surface area contributed by atoms with Gasteiger partial charge in [-0.2, -0.15) is 26.3 Å². The molecule has 0 amide bonds. The fourth-order valence-corrected chi connectivity index (χ4v) is 4.77. The van der Waals surface area contributed by atoms with Crippen molar-refractivity contribution >= 4 is 32.6 Å². The van der Waals surface area contributed by atoms with E-state index < -0.39 is 61.3 Å². The van der Waals surface area contributed by atoms with Crippen LogP contribution >= 0.6 is 0 Å². The van der Waals surface area contributed by atoms with E-state index in [9.17, 15) is 39.2 Å². The minimum Gasteiger partial charge on any atom is -0.368 e. The lowest BCUT2D eigenvalue weighted by Gasteiger charge is -2.18. The number of anilines is 2. The lowest BCUT2D eigenvalue weighted by molar-refractivity contribution is -0.143. The van der Waals surface area contributed by atoms with Crippen LogP contribution in [0.1, 0.15) is 11.1 Å². The summed E-state index contributed by atoms with van der Waals surface area (Å²) in [5.41, 5.74) is 0.316. The minimum absolute atomic E-state index is 0.0479. The zero-order valence-corrected chi connectivity index (χ0v) is 18.7. The predicted octanol–water partition coefficient (Wildman–Crippen LogP) is 6.00. The third-order valence-electron chi connectivity index (χ3n) is 5.13. The van der Waals surface area contributed by atoms with Gasteiger partial charge in [0.15, 0.2) is 5.82 Å². The van der Waals surface area contributed by atoms with Gasteiger partial charge in [-0.1, -0.05) is 6.07 Å². The van der Waals surface area contributed by atoms with Crippen molar-refractivity contribution in [3.8, 4) is 11.1 Å².